The summed E-state index contributed by atoms with van der Waals surface area (Å²) in [6, 6.07) is 105. The van der Waals surface area contributed by atoms with E-state index in [-0.39, 0.29) is 0 Å². The minimum atomic E-state index is 1.26. The fourth-order valence-electron chi connectivity index (χ4n) is 9.54. The molecule has 0 saturated heterocycles. The molecule has 81 heavy (non-hydrogen) atoms. The van der Waals surface area contributed by atoms with Crippen LogP contribution in [0.4, 0.5) is 0 Å². The second kappa shape index (κ2) is 27.2. The predicted octanol–water partition coefficient (Wildman–Crippen LogP) is 23.4. The summed E-state index contributed by atoms with van der Waals surface area (Å²) in [7, 11) is 0. The number of benzene rings is 12. The summed E-state index contributed by atoms with van der Waals surface area (Å²) in [5.74, 6) is 0. The lowest BCUT2D eigenvalue weighted by Crippen LogP contribution is -1.83. The van der Waals surface area contributed by atoms with Gasteiger partial charge in [0.25, 0.3) is 0 Å². The van der Waals surface area contributed by atoms with Gasteiger partial charge in [-0.15, -0.1) is 0 Å². The van der Waals surface area contributed by atoms with Gasteiger partial charge in [-0.25, -0.2) is 0 Å². The van der Waals surface area contributed by atoms with Crippen LogP contribution in [0.5, 0.6) is 0 Å². The van der Waals surface area contributed by atoms with E-state index in [2.05, 4.69) is 333 Å². The van der Waals surface area contributed by atoms with Gasteiger partial charge in [0, 0.05) is 29.4 Å². The fraction of sp³-hybridized carbons (Fsp3) is 0.0769. The van der Waals surface area contributed by atoms with Crippen molar-refractivity contribution >= 4 is 35.3 Å². The van der Waals surface area contributed by atoms with Crippen molar-refractivity contribution in [2.45, 2.75) is 70.9 Å². The van der Waals surface area contributed by atoms with E-state index >= 15 is 0 Å². The molecular formula is C78H66S3. The largest absolute Gasteiger partial charge is 0.0901 e. The van der Waals surface area contributed by atoms with Gasteiger partial charge in [0.15, 0.2) is 0 Å². The molecule has 0 aliphatic heterocycles. The summed E-state index contributed by atoms with van der Waals surface area (Å²) in [5.41, 5.74) is 23.0. The Kier molecular flexibility index (Phi) is 18.8. The monoisotopic (exact) mass is 1100 g/mol. The first kappa shape index (κ1) is 56.0. The van der Waals surface area contributed by atoms with E-state index in [9.17, 15) is 0 Å². The predicted molar refractivity (Wildman–Crippen MR) is 352 cm³/mol. The zero-order valence-corrected chi connectivity index (χ0v) is 49.4. The summed E-state index contributed by atoms with van der Waals surface area (Å²) in [4.78, 5) is 7.55. The Balaban J connectivity index is 0.000000136. The van der Waals surface area contributed by atoms with Gasteiger partial charge in [-0.1, -0.05) is 281 Å². The van der Waals surface area contributed by atoms with Gasteiger partial charge >= 0.3 is 0 Å². The van der Waals surface area contributed by atoms with Crippen molar-refractivity contribution in [2.75, 3.05) is 0 Å². The summed E-state index contributed by atoms with van der Waals surface area (Å²) in [6.07, 6.45) is 0. The maximum absolute atomic E-state index is 2.27. The molecule has 0 radical (unpaired) electrons. The van der Waals surface area contributed by atoms with E-state index in [1.54, 1.807) is 23.5 Å². The molecule has 0 aliphatic rings. The summed E-state index contributed by atoms with van der Waals surface area (Å²) < 4.78 is 0. The van der Waals surface area contributed by atoms with Gasteiger partial charge in [-0.2, -0.15) is 0 Å². The van der Waals surface area contributed by atoms with Gasteiger partial charge < -0.3 is 0 Å². The molecule has 0 unspecified atom stereocenters. The van der Waals surface area contributed by atoms with Crippen molar-refractivity contribution in [1.82, 2.24) is 0 Å². The second-order valence-electron chi connectivity index (χ2n) is 20.6. The molecule has 0 aromatic heterocycles. The van der Waals surface area contributed by atoms with Crippen LogP contribution in [0.25, 0.3) is 66.8 Å². The molecule has 0 nitrogen and oxygen atoms in total. The van der Waals surface area contributed by atoms with Gasteiger partial charge in [0.1, 0.15) is 0 Å². The Hall–Kier alpha value is -8.31. The molecule has 0 fully saturated rings. The molecule has 0 saturated carbocycles. The molecule has 12 aromatic rings. The third-order valence-corrected chi connectivity index (χ3v) is 17.1. The average Bonchev–Trinajstić information content (AvgIpc) is 3.51. The molecule has 0 aliphatic carbocycles. The van der Waals surface area contributed by atoms with Gasteiger partial charge in [0.2, 0.25) is 0 Å². The quantitative estimate of drug-likeness (QED) is 0.120. The zero-order chi connectivity index (χ0) is 55.9. The third-order valence-electron chi connectivity index (χ3n) is 14.1. The van der Waals surface area contributed by atoms with E-state index in [0.717, 1.165) is 0 Å². The van der Waals surface area contributed by atoms with Crippen molar-refractivity contribution < 1.29 is 0 Å². The van der Waals surface area contributed by atoms with Crippen molar-refractivity contribution in [3.8, 4) is 66.8 Å². The molecule has 12 aromatic carbocycles. The van der Waals surface area contributed by atoms with E-state index in [4.69, 9.17) is 0 Å². The van der Waals surface area contributed by atoms with Crippen molar-refractivity contribution in [2.24, 2.45) is 0 Å². The molecule has 0 spiro atoms. The molecule has 0 bridgehead atoms. The second-order valence-corrected chi connectivity index (χ2v) is 24.1. The van der Waals surface area contributed by atoms with Crippen LogP contribution >= 0.6 is 35.3 Å². The summed E-state index contributed by atoms with van der Waals surface area (Å²) in [5, 5.41) is 0. The number of rotatable bonds is 12. The van der Waals surface area contributed by atoms with Crippen LogP contribution in [0.3, 0.4) is 0 Å². The maximum Gasteiger partial charge on any atom is 0.0128 e. The lowest BCUT2D eigenvalue weighted by molar-refractivity contribution is 1.39. The Morgan fingerprint density at radius 3 is 0.778 bits per heavy atom. The van der Waals surface area contributed by atoms with Crippen LogP contribution < -0.4 is 0 Å². The van der Waals surface area contributed by atoms with E-state index < -0.39 is 0 Å². The highest BCUT2D eigenvalue weighted by atomic mass is 32.2. The molecule has 0 N–H and O–H groups in total. The highest BCUT2D eigenvalue weighted by Gasteiger charge is 2.08. The zero-order valence-electron chi connectivity index (χ0n) is 46.9. The minimum absolute atomic E-state index is 1.26. The van der Waals surface area contributed by atoms with Crippen LogP contribution in [0.2, 0.25) is 0 Å². The third kappa shape index (κ3) is 15.7. The molecule has 0 atom stereocenters. The molecule has 12 rings (SSSR count). The number of hydrogen-bond acceptors (Lipinski definition) is 3. The number of aryl methyl sites for hydroxylation is 6. The van der Waals surface area contributed by atoms with Crippen LogP contribution in [-0.2, 0) is 0 Å². The van der Waals surface area contributed by atoms with Crippen LogP contribution in [0.1, 0.15) is 33.4 Å². The van der Waals surface area contributed by atoms with Gasteiger partial charge in [-0.05, 0) is 187 Å². The Bertz CT molecular complexity index is 3880. The van der Waals surface area contributed by atoms with E-state index in [1.165, 1.54) is 130 Å². The number of hydrogen-bond donors (Lipinski definition) is 0. The molecule has 396 valence electrons. The van der Waals surface area contributed by atoms with Crippen LogP contribution in [-0.4, -0.2) is 0 Å². The minimum Gasteiger partial charge on any atom is -0.0901 e. The van der Waals surface area contributed by atoms with Crippen molar-refractivity contribution in [1.29, 1.82) is 0 Å². The SMILES string of the molecule is Cc1ccc(-c2cccc(Sc3ccc(-c4cccc(C)c4)cc3)c2)cc1.Cc1ccc(-c2cccc(Sc3cccc(-c4ccc(C)cc4)c3)c2)cc1.Cc1cccc(-c2ccc(Sc3ccc(-c4ccccc4C)cc3)cc2)c1. The first-order valence-corrected chi connectivity index (χ1v) is 30.0. The summed E-state index contributed by atoms with van der Waals surface area (Å²) in [6.45, 7) is 12.8. The Labute approximate surface area is 494 Å². The lowest BCUT2D eigenvalue weighted by Gasteiger charge is -2.08. The first-order chi connectivity index (χ1) is 39.5. The van der Waals surface area contributed by atoms with Crippen molar-refractivity contribution in [3.05, 3.63) is 325 Å². The van der Waals surface area contributed by atoms with E-state index in [0.29, 0.717) is 0 Å². The fourth-order valence-corrected chi connectivity index (χ4v) is 12.2. The molecule has 0 amide bonds. The van der Waals surface area contributed by atoms with Crippen LogP contribution in [0.15, 0.2) is 321 Å². The molecular weight excluding hydrogens is 1030 g/mol. The molecule has 3 heteroatoms. The summed E-state index contributed by atoms with van der Waals surface area (Å²) >= 11 is 5.42. The van der Waals surface area contributed by atoms with Crippen LogP contribution in [0, 0.1) is 41.5 Å². The normalized spacial score (nSPS) is 10.7. The first-order valence-electron chi connectivity index (χ1n) is 27.6. The lowest BCUT2D eigenvalue weighted by atomic mass is 10.0. The van der Waals surface area contributed by atoms with Gasteiger partial charge in [0.05, 0.1) is 0 Å². The molecule has 0 heterocycles. The average molecular weight is 1100 g/mol. The standard InChI is InChI=1S/3C26H22S/c1-19-9-13-21(14-10-19)23-5-3-7-25(17-23)27-26-8-4-6-24(18-26)22-15-11-20(2)12-16-22;1-19-9-11-21(12-10-19)24-7-4-8-26(18-24)27-25-15-13-22(14-16-25)23-6-3-5-20(2)17-23;1-19-6-5-8-23(18-19)21-10-14-24(15-11-21)27-25-16-12-22(13-17-25)26-9-4-3-7-20(26)2/h3*3-18H,1-2H3. The van der Waals surface area contributed by atoms with Gasteiger partial charge in [-0.3, -0.25) is 0 Å². The Morgan fingerprint density at radius 2 is 0.444 bits per heavy atom. The Morgan fingerprint density at radius 1 is 0.173 bits per heavy atom. The highest BCUT2D eigenvalue weighted by Crippen LogP contribution is 2.36. The van der Waals surface area contributed by atoms with E-state index in [1.807, 2.05) is 11.8 Å². The smallest absolute Gasteiger partial charge is 0.0128 e. The maximum atomic E-state index is 2.27. The highest BCUT2D eigenvalue weighted by molar-refractivity contribution is 7.99. The van der Waals surface area contributed by atoms with Crippen molar-refractivity contribution in [3.63, 3.8) is 0 Å². The topological polar surface area (TPSA) is 0 Å².